The third-order valence-corrected chi connectivity index (χ3v) is 3.49. The number of carbonyl (C=O) groups is 1. The number of aromatic nitrogens is 1. The van der Waals surface area contributed by atoms with Gasteiger partial charge in [0.25, 0.3) is 5.91 Å². The lowest BCUT2D eigenvalue weighted by Crippen LogP contribution is -2.36. The molecule has 2 rings (SSSR count). The van der Waals surface area contributed by atoms with E-state index in [-0.39, 0.29) is 4.88 Å². The van der Waals surface area contributed by atoms with E-state index >= 15 is 0 Å². The number of thiazole rings is 1. The fraction of sp³-hybridized carbons (Fsp3) is 0.600. The van der Waals surface area contributed by atoms with Crippen LogP contribution >= 0.6 is 11.3 Å². The number of hydrogen-bond acceptors (Lipinski definition) is 3. The molecule has 17 heavy (non-hydrogen) atoms. The van der Waals surface area contributed by atoms with Gasteiger partial charge in [0.2, 0.25) is 0 Å². The van der Waals surface area contributed by atoms with E-state index in [0.717, 1.165) is 36.1 Å². The quantitative estimate of drug-likeness (QED) is 0.781. The first-order valence-electron chi connectivity index (χ1n) is 5.30. The van der Waals surface area contributed by atoms with E-state index in [2.05, 4.69) is 4.98 Å². The van der Waals surface area contributed by atoms with Crippen LogP contribution < -0.4 is 0 Å². The minimum atomic E-state index is -4.55. The maximum Gasteiger partial charge on any atom is 0.434 e. The topological polar surface area (TPSA) is 33.2 Å². The van der Waals surface area contributed by atoms with Gasteiger partial charge in [-0.2, -0.15) is 13.2 Å². The summed E-state index contributed by atoms with van der Waals surface area (Å²) in [6.45, 7) is 1.07. The summed E-state index contributed by atoms with van der Waals surface area (Å²) < 4.78 is 37.7. The fourth-order valence-corrected chi connectivity index (χ4v) is 2.61. The average molecular weight is 264 g/mol. The maximum atomic E-state index is 12.6. The third-order valence-electron chi connectivity index (χ3n) is 2.67. The molecule has 0 spiro atoms. The number of alkyl halides is 3. The molecule has 1 amide bonds. The lowest BCUT2D eigenvalue weighted by Gasteiger charge is -2.26. The van der Waals surface area contributed by atoms with Crippen molar-refractivity contribution in [1.82, 2.24) is 9.88 Å². The van der Waals surface area contributed by atoms with Gasteiger partial charge in [0, 0.05) is 13.1 Å². The molecule has 0 aromatic carbocycles. The predicted molar refractivity (Wildman–Crippen MR) is 56.9 cm³/mol. The van der Waals surface area contributed by atoms with Crippen LogP contribution in [0.5, 0.6) is 0 Å². The Bertz CT molecular complexity index is 410. The monoisotopic (exact) mass is 264 g/mol. The lowest BCUT2D eigenvalue weighted by atomic mass is 10.1. The molecule has 1 aromatic heterocycles. The van der Waals surface area contributed by atoms with Crippen molar-refractivity contribution >= 4 is 17.2 Å². The standard InChI is InChI=1S/C10H11F3N2OS/c11-10(12,13)8-7(17-6-14-8)9(16)15-4-2-1-3-5-15/h6H,1-5H2. The summed E-state index contributed by atoms with van der Waals surface area (Å²) in [6, 6.07) is 0. The molecule has 3 nitrogen and oxygen atoms in total. The first-order chi connectivity index (χ1) is 8.00. The number of nitrogens with zero attached hydrogens (tertiary/aromatic N) is 2. The number of halogens is 3. The Kier molecular flexibility index (Phi) is 3.37. The van der Waals surface area contributed by atoms with Gasteiger partial charge < -0.3 is 4.90 Å². The minimum absolute atomic E-state index is 0.292. The van der Waals surface area contributed by atoms with Gasteiger partial charge in [0.1, 0.15) is 4.88 Å². The van der Waals surface area contributed by atoms with Crippen LogP contribution in [0.2, 0.25) is 0 Å². The zero-order chi connectivity index (χ0) is 12.5. The van der Waals surface area contributed by atoms with Crippen LogP contribution in [0.3, 0.4) is 0 Å². The summed E-state index contributed by atoms with van der Waals surface area (Å²) in [6.07, 6.45) is -1.82. The Morgan fingerprint density at radius 1 is 1.29 bits per heavy atom. The van der Waals surface area contributed by atoms with Crippen molar-refractivity contribution in [1.29, 1.82) is 0 Å². The largest absolute Gasteiger partial charge is 0.434 e. The van der Waals surface area contributed by atoms with E-state index < -0.39 is 17.8 Å². The third kappa shape index (κ3) is 2.59. The molecule has 0 radical (unpaired) electrons. The number of amides is 1. The average Bonchev–Trinajstić information content (AvgIpc) is 2.78. The summed E-state index contributed by atoms with van der Waals surface area (Å²) in [5, 5.41) is 0. The maximum absolute atomic E-state index is 12.6. The highest BCUT2D eigenvalue weighted by atomic mass is 32.1. The van der Waals surface area contributed by atoms with E-state index in [0.29, 0.717) is 13.1 Å². The Hall–Kier alpha value is -1.11. The highest BCUT2D eigenvalue weighted by Crippen LogP contribution is 2.33. The second-order valence-corrected chi connectivity index (χ2v) is 4.74. The second kappa shape index (κ2) is 4.64. The molecule has 0 unspecified atom stereocenters. The number of piperidine rings is 1. The number of carbonyl (C=O) groups excluding carboxylic acids is 1. The van der Waals surface area contributed by atoms with Gasteiger partial charge in [-0.05, 0) is 19.3 Å². The Morgan fingerprint density at radius 2 is 1.94 bits per heavy atom. The molecule has 94 valence electrons. The summed E-state index contributed by atoms with van der Waals surface area (Å²) in [7, 11) is 0. The molecule has 0 aliphatic carbocycles. The molecule has 1 aliphatic heterocycles. The number of hydrogen-bond donors (Lipinski definition) is 0. The zero-order valence-electron chi connectivity index (χ0n) is 8.96. The zero-order valence-corrected chi connectivity index (χ0v) is 9.77. The lowest BCUT2D eigenvalue weighted by molar-refractivity contribution is -0.141. The van der Waals surface area contributed by atoms with E-state index in [1.807, 2.05) is 0 Å². The van der Waals surface area contributed by atoms with Crippen LogP contribution in [-0.4, -0.2) is 28.9 Å². The van der Waals surface area contributed by atoms with Crippen LogP contribution in [-0.2, 0) is 6.18 Å². The van der Waals surface area contributed by atoms with Crippen molar-refractivity contribution in [3.63, 3.8) is 0 Å². The van der Waals surface area contributed by atoms with Crippen molar-refractivity contribution in [2.45, 2.75) is 25.4 Å². The molecular weight excluding hydrogens is 253 g/mol. The van der Waals surface area contributed by atoms with Crippen molar-refractivity contribution in [2.75, 3.05) is 13.1 Å². The van der Waals surface area contributed by atoms with Crippen molar-refractivity contribution < 1.29 is 18.0 Å². The van der Waals surface area contributed by atoms with E-state index in [1.54, 1.807) is 0 Å². The van der Waals surface area contributed by atoms with Crippen LogP contribution in [0.1, 0.15) is 34.6 Å². The molecule has 0 atom stereocenters. The minimum Gasteiger partial charge on any atom is -0.338 e. The number of likely N-dealkylation sites (tertiary alicyclic amines) is 1. The Balaban J connectivity index is 2.22. The van der Waals surface area contributed by atoms with Gasteiger partial charge in [-0.1, -0.05) is 0 Å². The first kappa shape index (κ1) is 12.3. The molecule has 1 aromatic rings. The van der Waals surface area contributed by atoms with Crippen LogP contribution in [0.25, 0.3) is 0 Å². The molecule has 1 saturated heterocycles. The highest BCUT2D eigenvalue weighted by molar-refractivity contribution is 7.11. The second-order valence-electron chi connectivity index (χ2n) is 3.88. The summed E-state index contributed by atoms with van der Waals surface area (Å²) in [5.74, 6) is -0.542. The van der Waals surface area contributed by atoms with Gasteiger partial charge in [0.05, 0.1) is 5.51 Å². The van der Waals surface area contributed by atoms with Gasteiger partial charge >= 0.3 is 6.18 Å². The van der Waals surface area contributed by atoms with Gasteiger partial charge in [-0.25, -0.2) is 4.98 Å². The van der Waals surface area contributed by atoms with Gasteiger partial charge in [-0.15, -0.1) is 11.3 Å². The summed E-state index contributed by atoms with van der Waals surface area (Å²) in [5.41, 5.74) is 0.0121. The SMILES string of the molecule is O=C(c1scnc1C(F)(F)F)N1CCCCC1. The Labute approximate surface area is 100 Å². The molecule has 0 N–H and O–H groups in total. The molecule has 2 heterocycles. The number of rotatable bonds is 1. The predicted octanol–water partition coefficient (Wildman–Crippen LogP) is 2.79. The van der Waals surface area contributed by atoms with Crippen LogP contribution in [0, 0.1) is 0 Å². The van der Waals surface area contributed by atoms with Gasteiger partial charge in [0.15, 0.2) is 5.69 Å². The molecule has 1 fully saturated rings. The molecule has 0 saturated carbocycles. The summed E-state index contributed by atoms with van der Waals surface area (Å²) in [4.78, 5) is 16.4. The molecule has 1 aliphatic rings. The van der Waals surface area contributed by atoms with Crippen LogP contribution in [0.15, 0.2) is 5.51 Å². The first-order valence-corrected chi connectivity index (χ1v) is 6.18. The van der Waals surface area contributed by atoms with E-state index in [1.165, 1.54) is 4.90 Å². The van der Waals surface area contributed by atoms with Crippen LogP contribution in [0.4, 0.5) is 13.2 Å². The van der Waals surface area contributed by atoms with E-state index in [4.69, 9.17) is 0 Å². The normalized spacial score (nSPS) is 17.2. The smallest absolute Gasteiger partial charge is 0.338 e. The summed E-state index contributed by atoms with van der Waals surface area (Å²) >= 11 is 0.756. The van der Waals surface area contributed by atoms with E-state index in [9.17, 15) is 18.0 Å². The van der Waals surface area contributed by atoms with Gasteiger partial charge in [-0.3, -0.25) is 4.79 Å². The highest BCUT2D eigenvalue weighted by Gasteiger charge is 2.39. The van der Waals surface area contributed by atoms with Crippen molar-refractivity contribution in [3.05, 3.63) is 16.1 Å². The van der Waals surface area contributed by atoms with Crippen molar-refractivity contribution in [2.24, 2.45) is 0 Å². The molecular formula is C10H11F3N2OS. The van der Waals surface area contributed by atoms with Crippen molar-refractivity contribution in [3.8, 4) is 0 Å². The molecule has 0 bridgehead atoms. The fourth-order valence-electron chi connectivity index (χ4n) is 1.84. The molecule has 7 heteroatoms. The Morgan fingerprint density at radius 3 is 2.53 bits per heavy atom.